The van der Waals surface area contributed by atoms with Crippen LogP contribution in [-0.4, -0.2) is 24.0 Å². The highest BCUT2D eigenvalue weighted by atomic mass is 19.1. The fourth-order valence-corrected chi connectivity index (χ4v) is 1.58. The van der Waals surface area contributed by atoms with Gasteiger partial charge >= 0.3 is 0 Å². The van der Waals surface area contributed by atoms with Crippen LogP contribution in [0.1, 0.15) is 11.7 Å². The number of hydrogen-bond acceptors (Lipinski definition) is 4. The van der Waals surface area contributed by atoms with Crippen LogP contribution < -0.4 is 10.1 Å². The van der Waals surface area contributed by atoms with Crippen LogP contribution in [-0.2, 0) is 11.2 Å². The van der Waals surface area contributed by atoms with Crippen molar-refractivity contribution in [2.45, 2.75) is 13.3 Å². The minimum Gasteiger partial charge on any atom is -0.484 e. The monoisotopic (exact) mass is 278 g/mol. The number of nitrogens with zero attached hydrogens (tertiary/aromatic N) is 1. The Morgan fingerprint density at radius 2 is 2.35 bits per heavy atom. The van der Waals surface area contributed by atoms with E-state index in [4.69, 9.17) is 9.15 Å². The molecule has 106 valence electrons. The van der Waals surface area contributed by atoms with Crippen LogP contribution in [0.3, 0.4) is 0 Å². The smallest absolute Gasteiger partial charge is 0.257 e. The number of ether oxygens (including phenoxy) is 1. The van der Waals surface area contributed by atoms with Crippen molar-refractivity contribution in [3.05, 3.63) is 47.9 Å². The molecule has 2 rings (SSSR count). The summed E-state index contributed by atoms with van der Waals surface area (Å²) in [4.78, 5) is 15.5. The number of benzene rings is 1. The average molecular weight is 278 g/mol. The summed E-state index contributed by atoms with van der Waals surface area (Å²) in [7, 11) is 0. The van der Waals surface area contributed by atoms with Crippen molar-refractivity contribution >= 4 is 5.91 Å². The van der Waals surface area contributed by atoms with E-state index in [-0.39, 0.29) is 12.5 Å². The maximum absolute atomic E-state index is 12.9. The van der Waals surface area contributed by atoms with Crippen LogP contribution in [0, 0.1) is 12.7 Å². The Hall–Kier alpha value is -2.37. The maximum Gasteiger partial charge on any atom is 0.257 e. The second kappa shape index (κ2) is 6.70. The van der Waals surface area contributed by atoms with Crippen LogP contribution in [0.15, 0.2) is 34.9 Å². The van der Waals surface area contributed by atoms with Gasteiger partial charge in [0.2, 0.25) is 0 Å². The van der Waals surface area contributed by atoms with Crippen molar-refractivity contribution in [3.8, 4) is 5.75 Å². The molecule has 0 bridgehead atoms. The molecule has 0 aliphatic heterocycles. The zero-order chi connectivity index (χ0) is 14.4. The second-order valence-corrected chi connectivity index (χ2v) is 4.21. The molecule has 2 aromatic rings. The first kappa shape index (κ1) is 14.0. The molecule has 0 saturated heterocycles. The van der Waals surface area contributed by atoms with Crippen molar-refractivity contribution in [1.29, 1.82) is 0 Å². The summed E-state index contributed by atoms with van der Waals surface area (Å²) < 4.78 is 23.3. The third-order valence-electron chi connectivity index (χ3n) is 2.50. The van der Waals surface area contributed by atoms with Gasteiger partial charge in [-0.2, -0.15) is 0 Å². The van der Waals surface area contributed by atoms with Crippen molar-refractivity contribution in [1.82, 2.24) is 10.3 Å². The van der Waals surface area contributed by atoms with Crippen LogP contribution >= 0.6 is 0 Å². The van der Waals surface area contributed by atoms with Crippen LogP contribution in [0.5, 0.6) is 5.75 Å². The molecule has 1 amide bonds. The largest absolute Gasteiger partial charge is 0.484 e. The van der Waals surface area contributed by atoms with Crippen LogP contribution in [0.25, 0.3) is 0 Å². The number of nitrogens with one attached hydrogen (secondary N) is 1. The van der Waals surface area contributed by atoms with Gasteiger partial charge in [0.15, 0.2) is 12.5 Å². The number of hydrogen-bond donors (Lipinski definition) is 1. The summed E-state index contributed by atoms with van der Waals surface area (Å²) in [6.07, 6.45) is 2.14. The number of carbonyl (C=O) groups excluding carboxylic acids is 1. The Kier molecular flexibility index (Phi) is 4.70. The van der Waals surface area contributed by atoms with E-state index in [2.05, 4.69) is 10.3 Å². The number of oxazole rings is 1. The van der Waals surface area contributed by atoms with Crippen molar-refractivity contribution in [2.75, 3.05) is 13.2 Å². The molecular formula is C14H15FN2O3. The number of carbonyl (C=O) groups is 1. The highest BCUT2D eigenvalue weighted by Gasteiger charge is 2.05. The molecule has 0 aliphatic carbocycles. The lowest BCUT2D eigenvalue weighted by Crippen LogP contribution is -2.30. The minimum atomic E-state index is -0.401. The molecule has 0 radical (unpaired) electrons. The van der Waals surface area contributed by atoms with Crippen molar-refractivity contribution in [3.63, 3.8) is 0 Å². The third kappa shape index (κ3) is 4.38. The lowest BCUT2D eigenvalue weighted by Gasteiger charge is -2.06. The van der Waals surface area contributed by atoms with Gasteiger partial charge in [-0.25, -0.2) is 9.37 Å². The van der Waals surface area contributed by atoms with E-state index >= 15 is 0 Å². The summed E-state index contributed by atoms with van der Waals surface area (Å²) >= 11 is 0. The molecule has 0 fully saturated rings. The van der Waals surface area contributed by atoms with E-state index < -0.39 is 5.82 Å². The van der Waals surface area contributed by atoms with Gasteiger partial charge < -0.3 is 14.5 Å². The first-order chi connectivity index (χ1) is 9.63. The molecule has 0 aliphatic rings. The van der Waals surface area contributed by atoms with Gasteiger partial charge in [-0.05, 0) is 19.1 Å². The fraction of sp³-hybridized carbons (Fsp3) is 0.286. The summed E-state index contributed by atoms with van der Waals surface area (Å²) in [6.45, 7) is 2.06. The molecule has 6 heteroatoms. The van der Waals surface area contributed by atoms with E-state index in [1.165, 1.54) is 18.2 Å². The van der Waals surface area contributed by atoms with Gasteiger partial charge in [-0.3, -0.25) is 4.79 Å². The molecule has 0 atom stereocenters. The van der Waals surface area contributed by atoms with E-state index in [9.17, 15) is 9.18 Å². The molecule has 0 spiro atoms. The van der Waals surface area contributed by atoms with E-state index in [1.807, 2.05) is 6.92 Å². The zero-order valence-corrected chi connectivity index (χ0v) is 11.1. The molecule has 1 aromatic heterocycles. The van der Waals surface area contributed by atoms with E-state index in [0.717, 1.165) is 5.76 Å². The molecule has 1 heterocycles. The Morgan fingerprint density at radius 3 is 3.05 bits per heavy atom. The average Bonchev–Trinajstić information content (AvgIpc) is 2.82. The summed E-state index contributed by atoms with van der Waals surface area (Å²) in [5, 5.41) is 2.67. The van der Waals surface area contributed by atoms with Gasteiger partial charge in [0.05, 0.1) is 6.20 Å². The van der Waals surface area contributed by atoms with E-state index in [1.54, 1.807) is 12.3 Å². The number of aryl methyl sites for hydroxylation is 1. The lowest BCUT2D eigenvalue weighted by molar-refractivity contribution is -0.123. The summed E-state index contributed by atoms with van der Waals surface area (Å²) in [6, 6.07) is 5.65. The topological polar surface area (TPSA) is 64.4 Å². The zero-order valence-electron chi connectivity index (χ0n) is 11.1. The number of aromatic nitrogens is 1. The van der Waals surface area contributed by atoms with Crippen molar-refractivity contribution in [2.24, 2.45) is 0 Å². The predicted octanol–water partition coefficient (Wildman–Crippen LogP) is 1.86. The quantitative estimate of drug-likeness (QED) is 0.876. The number of halogens is 1. The van der Waals surface area contributed by atoms with Gasteiger partial charge in [-0.1, -0.05) is 6.07 Å². The van der Waals surface area contributed by atoms with Crippen molar-refractivity contribution < 1.29 is 18.3 Å². The highest BCUT2D eigenvalue weighted by Crippen LogP contribution is 2.11. The minimum absolute atomic E-state index is 0.159. The first-order valence-corrected chi connectivity index (χ1v) is 6.20. The van der Waals surface area contributed by atoms with Crippen LogP contribution in [0.4, 0.5) is 4.39 Å². The SMILES string of the molecule is Cc1cnc(CCNC(=O)COc2cccc(F)c2)o1. The maximum atomic E-state index is 12.9. The lowest BCUT2D eigenvalue weighted by atomic mass is 10.3. The Morgan fingerprint density at radius 1 is 1.50 bits per heavy atom. The Balaban J connectivity index is 1.68. The van der Waals surface area contributed by atoms with Gasteiger partial charge in [0, 0.05) is 19.0 Å². The summed E-state index contributed by atoms with van der Waals surface area (Å²) in [5.74, 6) is 0.956. The van der Waals surface area contributed by atoms with Gasteiger partial charge in [0.25, 0.3) is 5.91 Å². The van der Waals surface area contributed by atoms with Gasteiger partial charge in [0.1, 0.15) is 17.3 Å². The van der Waals surface area contributed by atoms with E-state index in [0.29, 0.717) is 24.6 Å². The molecule has 0 saturated carbocycles. The Labute approximate surface area is 115 Å². The van der Waals surface area contributed by atoms with Gasteiger partial charge in [-0.15, -0.1) is 0 Å². The molecule has 5 nitrogen and oxygen atoms in total. The second-order valence-electron chi connectivity index (χ2n) is 4.21. The summed E-state index contributed by atoms with van der Waals surface area (Å²) in [5.41, 5.74) is 0. The first-order valence-electron chi connectivity index (χ1n) is 6.20. The fourth-order valence-electron chi connectivity index (χ4n) is 1.58. The predicted molar refractivity (Wildman–Crippen MR) is 69.8 cm³/mol. The molecular weight excluding hydrogens is 263 g/mol. The number of amides is 1. The molecule has 1 N–H and O–H groups in total. The molecule has 20 heavy (non-hydrogen) atoms. The standard InChI is InChI=1S/C14H15FN2O3/c1-10-8-17-14(20-10)5-6-16-13(18)9-19-12-4-2-3-11(15)7-12/h2-4,7-8H,5-6,9H2,1H3,(H,16,18). The Bertz CT molecular complexity index is 583. The number of rotatable bonds is 6. The molecule has 1 aromatic carbocycles. The highest BCUT2D eigenvalue weighted by molar-refractivity contribution is 5.77. The normalized spacial score (nSPS) is 10.3. The van der Waals surface area contributed by atoms with Crippen LogP contribution in [0.2, 0.25) is 0 Å². The third-order valence-corrected chi connectivity index (χ3v) is 2.50. The molecule has 0 unspecified atom stereocenters.